The van der Waals surface area contributed by atoms with Gasteiger partial charge in [0.1, 0.15) is 5.78 Å². The van der Waals surface area contributed by atoms with Crippen LogP contribution in [0.3, 0.4) is 0 Å². The lowest BCUT2D eigenvalue weighted by Crippen LogP contribution is -2.04. The van der Waals surface area contributed by atoms with Crippen molar-refractivity contribution in [1.82, 2.24) is 0 Å². The van der Waals surface area contributed by atoms with E-state index in [9.17, 15) is 9.59 Å². The maximum Gasteiger partial charge on any atom is 0.193 e. The van der Waals surface area contributed by atoms with E-state index in [0.29, 0.717) is 11.6 Å². The first-order valence-electron chi connectivity index (χ1n) is 13.1. The van der Waals surface area contributed by atoms with Crippen LogP contribution in [-0.2, 0) is 4.79 Å². The van der Waals surface area contributed by atoms with E-state index >= 15 is 0 Å². The number of benzene rings is 3. The highest BCUT2D eigenvalue weighted by Gasteiger charge is 2.28. The Kier molecular flexibility index (Phi) is 12.2. The number of aryl methyl sites for hydroxylation is 2. The van der Waals surface area contributed by atoms with Crippen molar-refractivity contribution >= 4 is 17.3 Å². The molecule has 0 spiro atoms. The Morgan fingerprint density at radius 2 is 1.22 bits per heavy atom. The Hall–Kier alpha value is -3.33. The van der Waals surface area contributed by atoms with Crippen molar-refractivity contribution in [1.29, 1.82) is 5.41 Å². The first-order chi connectivity index (χ1) is 17.1. The molecule has 3 nitrogen and oxygen atoms in total. The lowest BCUT2D eigenvalue weighted by Gasteiger charge is -2.11. The number of hydrogen-bond acceptors (Lipinski definition) is 3. The molecule has 1 N–H and O–H groups in total. The van der Waals surface area contributed by atoms with Crippen molar-refractivity contribution in [2.45, 2.75) is 81.6 Å². The Morgan fingerprint density at radius 1 is 0.750 bits per heavy atom. The molecule has 0 aliphatic heterocycles. The zero-order valence-corrected chi connectivity index (χ0v) is 23.8. The van der Waals surface area contributed by atoms with Crippen molar-refractivity contribution in [2.24, 2.45) is 0 Å². The van der Waals surface area contributed by atoms with E-state index in [1.165, 1.54) is 30.5 Å². The largest absolute Gasteiger partial charge is 0.305 e. The monoisotopic (exact) mass is 485 g/mol. The number of fused-ring (bicyclic) bond motifs is 3. The lowest BCUT2D eigenvalue weighted by atomic mass is 9.92. The number of hydrogen-bond donors (Lipinski definition) is 1. The molecule has 1 aliphatic rings. The summed E-state index contributed by atoms with van der Waals surface area (Å²) in [5.74, 6) is 0.594. The highest BCUT2D eigenvalue weighted by molar-refractivity contribution is 6.11. The third-order valence-electron chi connectivity index (χ3n) is 5.88. The standard InChI is InChI=1S/C26H25NO.C3H6O.2C2H6/c1-5-20-22-10-7-18(17(4)27)13-24(22)25-14-19(8-11-23(20)25)26(28)21-9-6-15(2)12-16(21)3;1-3(2)4;2*1-2/h6-14,20,27H,5H2,1-4H3;1-2H3;2*1-2H3. The van der Waals surface area contributed by atoms with Gasteiger partial charge in [-0.1, -0.05) is 82.6 Å². The minimum Gasteiger partial charge on any atom is -0.305 e. The molecule has 1 atom stereocenters. The maximum atomic E-state index is 13.2. The summed E-state index contributed by atoms with van der Waals surface area (Å²) in [6, 6.07) is 18.4. The van der Waals surface area contributed by atoms with Crippen LogP contribution in [0.4, 0.5) is 0 Å². The summed E-state index contributed by atoms with van der Waals surface area (Å²) in [6.45, 7) is 19.1. The predicted octanol–water partition coefficient (Wildman–Crippen LogP) is 9.09. The molecule has 0 bridgehead atoms. The summed E-state index contributed by atoms with van der Waals surface area (Å²) in [7, 11) is 0. The summed E-state index contributed by atoms with van der Waals surface area (Å²) in [6.07, 6.45) is 1.02. The molecular formula is C33H43NO2. The third kappa shape index (κ3) is 7.10. The molecule has 0 amide bonds. The van der Waals surface area contributed by atoms with E-state index < -0.39 is 0 Å². The number of ketones is 2. The van der Waals surface area contributed by atoms with Gasteiger partial charge in [-0.15, -0.1) is 0 Å². The first kappa shape index (κ1) is 30.7. The fourth-order valence-electron chi connectivity index (χ4n) is 4.39. The SMILES string of the molecule is CC.CC.CC(C)=O.CCC1c2ccc(C(C)=N)cc2-c2cc(C(=O)c3ccc(C)cc3C)ccc21. The highest BCUT2D eigenvalue weighted by atomic mass is 16.1. The molecule has 3 aromatic rings. The van der Waals surface area contributed by atoms with E-state index in [2.05, 4.69) is 37.3 Å². The van der Waals surface area contributed by atoms with Crippen molar-refractivity contribution in [2.75, 3.05) is 0 Å². The van der Waals surface area contributed by atoms with Crippen molar-refractivity contribution in [3.63, 3.8) is 0 Å². The van der Waals surface area contributed by atoms with Gasteiger partial charge in [-0.2, -0.15) is 0 Å². The zero-order valence-electron chi connectivity index (χ0n) is 23.8. The van der Waals surface area contributed by atoms with Gasteiger partial charge in [0, 0.05) is 22.8 Å². The van der Waals surface area contributed by atoms with E-state index in [0.717, 1.165) is 39.8 Å². The zero-order chi connectivity index (χ0) is 27.6. The minimum absolute atomic E-state index is 0.0705. The van der Waals surface area contributed by atoms with Gasteiger partial charge in [-0.3, -0.25) is 4.79 Å². The van der Waals surface area contributed by atoms with E-state index in [1.54, 1.807) is 0 Å². The van der Waals surface area contributed by atoms with Gasteiger partial charge in [-0.25, -0.2) is 0 Å². The van der Waals surface area contributed by atoms with Gasteiger partial charge in [0.05, 0.1) is 0 Å². The summed E-state index contributed by atoms with van der Waals surface area (Å²) < 4.78 is 0. The smallest absolute Gasteiger partial charge is 0.193 e. The van der Waals surface area contributed by atoms with Crippen LogP contribution >= 0.6 is 0 Å². The molecule has 0 heterocycles. The van der Waals surface area contributed by atoms with Gasteiger partial charge < -0.3 is 10.2 Å². The fourth-order valence-corrected chi connectivity index (χ4v) is 4.39. The van der Waals surface area contributed by atoms with Gasteiger partial charge >= 0.3 is 0 Å². The molecule has 0 saturated heterocycles. The van der Waals surface area contributed by atoms with Gasteiger partial charge in [0.15, 0.2) is 5.78 Å². The van der Waals surface area contributed by atoms with Crippen molar-refractivity contribution < 1.29 is 9.59 Å². The van der Waals surface area contributed by atoms with Gasteiger partial charge in [0.2, 0.25) is 0 Å². The normalized spacial score (nSPS) is 12.3. The molecular weight excluding hydrogens is 442 g/mol. The summed E-state index contributed by atoms with van der Waals surface area (Å²) in [5, 5.41) is 7.99. The summed E-state index contributed by atoms with van der Waals surface area (Å²) in [4.78, 5) is 22.6. The fraction of sp³-hybridized carbons (Fsp3) is 0.364. The van der Waals surface area contributed by atoms with Crippen LogP contribution in [0, 0.1) is 19.3 Å². The van der Waals surface area contributed by atoms with Crippen LogP contribution in [0.2, 0.25) is 0 Å². The molecule has 3 heteroatoms. The Bertz CT molecular complexity index is 1220. The number of carbonyl (C=O) groups excluding carboxylic acids is 2. The minimum atomic E-state index is 0.0705. The summed E-state index contributed by atoms with van der Waals surface area (Å²) in [5.41, 5.74) is 10.1. The van der Waals surface area contributed by atoms with Crippen LogP contribution in [0.1, 0.15) is 111 Å². The average molecular weight is 486 g/mol. The van der Waals surface area contributed by atoms with Crippen LogP contribution < -0.4 is 0 Å². The molecule has 0 saturated carbocycles. The number of nitrogens with one attached hydrogen (secondary N) is 1. The molecule has 3 aromatic carbocycles. The van der Waals surface area contributed by atoms with Crippen LogP contribution in [0.15, 0.2) is 54.6 Å². The molecule has 1 unspecified atom stereocenters. The van der Waals surface area contributed by atoms with Crippen molar-refractivity contribution in [3.05, 3.63) is 93.5 Å². The molecule has 1 aliphatic carbocycles. The molecule has 4 rings (SSSR count). The molecule has 0 aromatic heterocycles. The second-order valence-corrected chi connectivity index (χ2v) is 8.75. The van der Waals surface area contributed by atoms with Crippen LogP contribution in [0.25, 0.3) is 11.1 Å². The molecule has 0 fully saturated rings. The highest BCUT2D eigenvalue weighted by Crippen LogP contribution is 2.47. The van der Waals surface area contributed by atoms with E-state index in [4.69, 9.17) is 5.41 Å². The molecule has 36 heavy (non-hydrogen) atoms. The Morgan fingerprint density at radius 3 is 1.67 bits per heavy atom. The molecule has 192 valence electrons. The van der Waals surface area contributed by atoms with Gasteiger partial charge in [0.25, 0.3) is 0 Å². The summed E-state index contributed by atoms with van der Waals surface area (Å²) >= 11 is 0. The maximum absolute atomic E-state index is 13.2. The van der Waals surface area contributed by atoms with Crippen LogP contribution in [-0.4, -0.2) is 17.3 Å². The third-order valence-corrected chi connectivity index (χ3v) is 5.88. The second-order valence-electron chi connectivity index (χ2n) is 8.75. The number of carbonyl (C=O) groups is 2. The quantitative estimate of drug-likeness (QED) is 0.296. The number of Topliss-reactive ketones (excluding diaryl/α,β-unsaturated/α-hetero) is 1. The van der Waals surface area contributed by atoms with E-state index in [1.807, 2.05) is 72.7 Å². The molecule has 0 radical (unpaired) electrons. The van der Waals surface area contributed by atoms with Crippen molar-refractivity contribution in [3.8, 4) is 11.1 Å². The number of rotatable bonds is 4. The Labute approximate surface area is 218 Å². The van der Waals surface area contributed by atoms with Gasteiger partial charge in [-0.05, 0) is 86.6 Å². The average Bonchev–Trinajstić information content (AvgIpc) is 3.18. The Balaban J connectivity index is 0.000000725. The lowest BCUT2D eigenvalue weighted by molar-refractivity contribution is -0.115. The van der Waals surface area contributed by atoms with E-state index in [-0.39, 0.29) is 11.6 Å². The second kappa shape index (κ2) is 14.3. The topological polar surface area (TPSA) is 58.0 Å². The predicted molar refractivity (Wildman–Crippen MR) is 155 cm³/mol. The first-order valence-corrected chi connectivity index (χ1v) is 13.1. The van der Waals surface area contributed by atoms with Crippen LogP contribution in [0.5, 0.6) is 0 Å².